The second-order valence-electron chi connectivity index (χ2n) is 6.48. The summed E-state index contributed by atoms with van der Waals surface area (Å²) in [5.41, 5.74) is 0.763. The highest BCUT2D eigenvalue weighted by molar-refractivity contribution is 5.79. The fourth-order valence-electron chi connectivity index (χ4n) is 2.33. The average Bonchev–Trinajstić information content (AvgIpc) is 2.60. The Balaban J connectivity index is 2.48. The molecule has 0 aromatic carbocycles. The number of pyridine rings is 1. The average molecular weight is 290 g/mol. The molecule has 0 aliphatic heterocycles. The molecule has 0 atom stereocenters. The van der Waals surface area contributed by atoms with Crippen LogP contribution < -0.4 is 11.0 Å². The summed E-state index contributed by atoms with van der Waals surface area (Å²) in [4.78, 5) is 28.9. The number of fused-ring (bicyclic) bond motifs is 1. The van der Waals surface area contributed by atoms with Gasteiger partial charge in [-0.2, -0.15) is 0 Å². The van der Waals surface area contributed by atoms with Crippen LogP contribution in [0.5, 0.6) is 0 Å². The van der Waals surface area contributed by atoms with Crippen molar-refractivity contribution in [3.8, 4) is 0 Å². The minimum atomic E-state index is -0.324. The van der Waals surface area contributed by atoms with Crippen LogP contribution in [0, 0.1) is 0 Å². The Hall–Kier alpha value is -2.11. The third-order valence-electron chi connectivity index (χ3n) is 3.05. The van der Waals surface area contributed by atoms with Gasteiger partial charge in [0, 0.05) is 17.8 Å². The number of carbonyl (C=O) groups is 1. The van der Waals surface area contributed by atoms with Crippen LogP contribution >= 0.6 is 0 Å². The zero-order valence-corrected chi connectivity index (χ0v) is 13.2. The van der Waals surface area contributed by atoms with E-state index in [-0.39, 0.29) is 29.7 Å². The third-order valence-corrected chi connectivity index (χ3v) is 3.05. The molecule has 0 unspecified atom stereocenters. The van der Waals surface area contributed by atoms with Gasteiger partial charge in [0.05, 0.1) is 5.52 Å². The highest BCUT2D eigenvalue weighted by Crippen LogP contribution is 2.14. The predicted octanol–water partition coefficient (Wildman–Crippen LogP) is 1.69. The summed E-state index contributed by atoms with van der Waals surface area (Å²) in [7, 11) is 0. The Kier molecular flexibility index (Phi) is 3.89. The van der Waals surface area contributed by atoms with Crippen molar-refractivity contribution in [2.75, 3.05) is 0 Å². The summed E-state index contributed by atoms with van der Waals surface area (Å²) in [6.45, 7) is 9.58. The number of amides is 1. The van der Waals surface area contributed by atoms with Crippen molar-refractivity contribution in [1.82, 2.24) is 19.4 Å². The molecule has 21 heavy (non-hydrogen) atoms. The molecule has 114 valence electrons. The highest BCUT2D eigenvalue weighted by atomic mass is 16.2. The molecule has 0 radical (unpaired) electrons. The summed E-state index contributed by atoms with van der Waals surface area (Å²) < 4.78 is 3.09. The molecule has 0 fully saturated rings. The van der Waals surface area contributed by atoms with Crippen LogP contribution in [-0.2, 0) is 11.3 Å². The topological polar surface area (TPSA) is 68.9 Å². The second kappa shape index (κ2) is 5.35. The molecule has 0 saturated carbocycles. The lowest BCUT2D eigenvalue weighted by molar-refractivity contribution is -0.123. The number of hydrogen-bond acceptors (Lipinski definition) is 3. The first-order valence-electron chi connectivity index (χ1n) is 7.07. The molecule has 2 aromatic heterocycles. The van der Waals surface area contributed by atoms with Crippen molar-refractivity contribution >= 4 is 17.1 Å². The number of hydrogen-bond donors (Lipinski definition) is 1. The van der Waals surface area contributed by atoms with Gasteiger partial charge in [-0.05, 0) is 46.8 Å². The van der Waals surface area contributed by atoms with Gasteiger partial charge in [-0.25, -0.2) is 9.78 Å². The molecule has 2 heterocycles. The molecule has 0 spiro atoms. The molecule has 6 heteroatoms. The lowest BCUT2D eigenvalue weighted by atomic mass is 10.1. The summed E-state index contributed by atoms with van der Waals surface area (Å²) in [6, 6.07) is 3.57. The van der Waals surface area contributed by atoms with Gasteiger partial charge in [0.25, 0.3) is 0 Å². The van der Waals surface area contributed by atoms with Crippen LogP contribution in [0.25, 0.3) is 11.2 Å². The van der Waals surface area contributed by atoms with E-state index in [4.69, 9.17) is 0 Å². The SMILES string of the molecule is CC(C)n1c(=O)n(CC(=O)NC(C)(C)C)c2cccnc21. The van der Waals surface area contributed by atoms with E-state index >= 15 is 0 Å². The molecule has 0 aliphatic carbocycles. The summed E-state index contributed by atoms with van der Waals surface area (Å²) in [5, 5.41) is 2.87. The molecular formula is C15H22N4O2. The molecule has 1 N–H and O–H groups in total. The minimum Gasteiger partial charge on any atom is -0.350 e. The van der Waals surface area contributed by atoms with Crippen molar-refractivity contribution in [3.05, 3.63) is 28.8 Å². The lowest BCUT2D eigenvalue weighted by Gasteiger charge is -2.20. The Morgan fingerprint density at radius 3 is 2.62 bits per heavy atom. The number of imidazole rings is 1. The summed E-state index contributed by atoms with van der Waals surface area (Å²) >= 11 is 0. The Bertz CT molecular complexity index is 719. The van der Waals surface area contributed by atoms with Crippen LogP contribution in [-0.4, -0.2) is 25.6 Å². The normalized spacial score (nSPS) is 12.1. The maximum Gasteiger partial charge on any atom is 0.331 e. The first kappa shape index (κ1) is 15.3. The van der Waals surface area contributed by atoms with Crippen molar-refractivity contribution in [1.29, 1.82) is 0 Å². The number of carbonyl (C=O) groups excluding carboxylic acids is 1. The van der Waals surface area contributed by atoms with Crippen LogP contribution in [0.3, 0.4) is 0 Å². The number of nitrogens with one attached hydrogen (secondary N) is 1. The van der Waals surface area contributed by atoms with E-state index < -0.39 is 0 Å². The smallest absolute Gasteiger partial charge is 0.331 e. The van der Waals surface area contributed by atoms with Gasteiger partial charge < -0.3 is 5.32 Å². The van der Waals surface area contributed by atoms with Crippen LogP contribution in [0.4, 0.5) is 0 Å². The van der Waals surface area contributed by atoms with E-state index in [0.29, 0.717) is 11.2 Å². The van der Waals surface area contributed by atoms with E-state index in [9.17, 15) is 9.59 Å². The number of nitrogens with zero attached hydrogens (tertiary/aromatic N) is 3. The lowest BCUT2D eigenvalue weighted by Crippen LogP contribution is -2.43. The van der Waals surface area contributed by atoms with E-state index in [1.807, 2.05) is 40.7 Å². The van der Waals surface area contributed by atoms with E-state index in [1.165, 1.54) is 4.57 Å². The van der Waals surface area contributed by atoms with Gasteiger partial charge in [-0.1, -0.05) is 0 Å². The molecule has 0 bridgehead atoms. The zero-order valence-electron chi connectivity index (χ0n) is 13.2. The number of rotatable bonds is 3. The molecule has 2 rings (SSSR count). The summed E-state index contributed by atoms with van der Waals surface area (Å²) in [6.07, 6.45) is 1.65. The maximum absolute atomic E-state index is 12.5. The standard InChI is InChI=1S/C15H22N4O2/c1-10(2)19-13-11(7-6-8-16-13)18(14(19)21)9-12(20)17-15(3,4)5/h6-8,10H,9H2,1-5H3,(H,17,20). The van der Waals surface area contributed by atoms with Crippen molar-refractivity contribution < 1.29 is 4.79 Å². The van der Waals surface area contributed by atoms with Crippen LogP contribution in [0.1, 0.15) is 40.7 Å². The van der Waals surface area contributed by atoms with E-state index in [2.05, 4.69) is 10.3 Å². The third kappa shape index (κ3) is 3.15. The zero-order chi connectivity index (χ0) is 15.8. The molecule has 2 aromatic rings. The van der Waals surface area contributed by atoms with Gasteiger partial charge >= 0.3 is 5.69 Å². The van der Waals surface area contributed by atoms with Crippen molar-refractivity contribution in [3.63, 3.8) is 0 Å². The highest BCUT2D eigenvalue weighted by Gasteiger charge is 2.20. The Morgan fingerprint density at radius 2 is 2.05 bits per heavy atom. The van der Waals surface area contributed by atoms with E-state index in [0.717, 1.165) is 0 Å². The number of aromatic nitrogens is 3. The van der Waals surface area contributed by atoms with E-state index in [1.54, 1.807) is 16.8 Å². The van der Waals surface area contributed by atoms with Gasteiger partial charge in [0.1, 0.15) is 6.54 Å². The van der Waals surface area contributed by atoms with Crippen LogP contribution in [0.2, 0.25) is 0 Å². The monoisotopic (exact) mass is 290 g/mol. The molecule has 6 nitrogen and oxygen atoms in total. The predicted molar refractivity (Wildman–Crippen MR) is 82.3 cm³/mol. The van der Waals surface area contributed by atoms with Crippen molar-refractivity contribution in [2.45, 2.75) is 52.7 Å². The molecule has 0 aliphatic rings. The van der Waals surface area contributed by atoms with Gasteiger partial charge in [0.2, 0.25) is 5.91 Å². The second-order valence-corrected chi connectivity index (χ2v) is 6.48. The van der Waals surface area contributed by atoms with Crippen LogP contribution in [0.15, 0.2) is 23.1 Å². The molecule has 0 saturated heterocycles. The van der Waals surface area contributed by atoms with Gasteiger partial charge in [-0.3, -0.25) is 13.9 Å². The fraction of sp³-hybridized carbons (Fsp3) is 0.533. The van der Waals surface area contributed by atoms with Gasteiger partial charge in [0.15, 0.2) is 5.65 Å². The largest absolute Gasteiger partial charge is 0.350 e. The summed E-state index contributed by atoms with van der Waals surface area (Å²) in [5.74, 6) is -0.184. The fourth-order valence-corrected chi connectivity index (χ4v) is 2.33. The first-order valence-corrected chi connectivity index (χ1v) is 7.07. The quantitative estimate of drug-likeness (QED) is 0.935. The molecule has 1 amide bonds. The Labute approximate surface area is 123 Å². The molecular weight excluding hydrogens is 268 g/mol. The maximum atomic E-state index is 12.5. The Morgan fingerprint density at radius 1 is 1.38 bits per heavy atom. The van der Waals surface area contributed by atoms with Gasteiger partial charge in [-0.15, -0.1) is 0 Å². The first-order chi connectivity index (χ1) is 9.70. The minimum absolute atomic E-state index is 0.00197. The van der Waals surface area contributed by atoms with Crippen molar-refractivity contribution in [2.24, 2.45) is 0 Å².